The van der Waals surface area contributed by atoms with Crippen LogP contribution in [0.25, 0.3) is 0 Å². The van der Waals surface area contributed by atoms with Gasteiger partial charge >= 0.3 is 0 Å². The topological polar surface area (TPSA) is 37.8 Å². The van der Waals surface area contributed by atoms with Crippen LogP contribution in [0.1, 0.15) is 6.92 Å². The maximum atomic E-state index is 13.1. The number of aromatic nitrogens is 2. The van der Waals surface area contributed by atoms with Gasteiger partial charge in [-0.05, 0) is 41.1 Å². The quantitative estimate of drug-likeness (QED) is 0.846. The minimum Gasteiger partial charge on any atom is -0.354 e. The molecule has 2 rings (SSSR count). The average Bonchev–Trinajstić information content (AvgIpc) is 2.38. The molecule has 3 nitrogen and oxygen atoms in total. The van der Waals surface area contributed by atoms with Crippen molar-refractivity contribution >= 4 is 33.6 Å². The highest BCUT2D eigenvalue weighted by molar-refractivity contribution is 9.10. The summed E-state index contributed by atoms with van der Waals surface area (Å²) in [7, 11) is 0. The Kier molecular flexibility index (Phi) is 4.71. The van der Waals surface area contributed by atoms with E-state index >= 15 is 0 Å². The van der Waals surface area contributed by atoms with E-state index in [2.05, 4.69) is 31.2 Å². The summed E-state index contributed by atoms with van der Waals surface area (Å²) >= 11 is 4.56. The smallest absolute Gasteiger partial charge is 0.223 e. The van der Waals surface area contributed by atoms with Crippen LogP contribution < -0.4 is 5.32 Å². The molecule has 2 aromatic rings. The summed E-state index contributed by atoms with van der Waals surface area (Å²) in [6.07, 6.45) is 1.62. The third-order valence-corrected chi connectivity index (χ3v) is 3.99. The van der Waals surface area contributed by atoms with Crippen LogP contribution in [0, 0.1) is 11.6 Å². The van der Waals surface area contributed by atoms with Crippen molar-refractivity contribution in [2.75, 3.05) is 11.9 Å². The third-order valence-electron chi connectivity index (χ3n) is 2.15. The Balaban J connectivity index is 2.26. The average molecular weight is 346 g/mol. The maximum Gasteiger partial charge on any atom is 0.223 e. The van der Waals surface area contributed by atoms with E-state index in [1.807, 2.05) is 6.92 Å². The Bertz CT molecular complexity index is 595. The van der Waals surface area contributed by atoms with E-state index in [0.717, 1.165) is 12.1 Å². The molecule has 19 heavy (non-hydrogen) atoms. The van der Waals surface area contributed by atoms with Crippen molar-refractivity contribution in [2.24, 2.45) is 0 Å². The number of hydrogen-bond donors (Lipinski definition) is 1. The first-order valence-electron chi connectivity index (χ1n) is 5.49. The van der Waals surface area contributed by atoms with Crippen molar-refractivity contribution < 1.29 is 8.78 Å². The van der Waals surface area contributed by atoms with Gasteiger partial charge < -0.3 is 5.32 Å². The van der Waals surface area contributed by atoms with Gasteiger partial charge in [-0.15, -0.1) is 0 Å². The molecule has 0 radical (unpaired) electrons. The molecular weight excluding hydrogens is 336 g/mol. The van der Waals surface area contributed by atoms with Crippen LogP contribution in [-0.2, 0) is 0 Å². The van der Waals surface area contributed by atoms with Crippen molar-refractivity contribution in [3.05, 3.63) is 40.5 Å². The van der Waals surface area contributed by atoms with Crippen molar-refractivity contribution in [1.82, 2.24) is 9.97 Å². The van der Waals surface area contributed by atoms with Gasteiger partial charge in [-0.1, -0.05) is 11.8 Å². The molecule has 1 aromatic carbocycles. The van der Waals surface area contributed by atoms with Gasteiger partial charge in [-0.3, -0.25) is 0 Å². The van der Waals surface area contributed by atoms with E-state index in [4.69, 9.17) is 0 Å². The second-order valence-electron chi connectivity index (χ2n) is 3.56. The van der Waals surface area contributed by atoms with Gasteiger partial charge in [0.15, 0.2) is 11.6 Å². The standard InChI is InChI=1S/C12H10BrF2N3S/c1-2-16-12-17-6-8(13)11(18-12)19-7-3-4-9(14)10(15)5-7/h3-6H,2H2,1H3,(H,16,17,18). The van der Waals surface area contributed by atoms with Crippen LogP contribution >= 0.6 is 27.7 Å². The second kappa shape index (κ2) is 6.29. The zero-order chi connectivity index (χ0) is 13.8. The fourth-order valence-corrected chi connectivity index (χ4v) is 2.56. The molecule has 0 aliphatic heterocycles. The number of anilines is 1. The predicted molar refractivity (Wildman–Crippen MR) is 74.4 cm³/mol. The molecule has 0 atom stereocenters. The Labute approximate surface area is 122 Å². The van der Waals surface area contributed by atoms with Gasteiger partial charge in [0, 0.05) is 17.6 Å². The molecule has 0 bridgehead atoms. The zero-order valence-corrected chi connectivity index (χ0v) is 12.4. The number of hydrogen-bond acceptors (Lipinski definition) is 4. The van der Waals surface area contributed by atoms with Gasteiger partial charge in [-0.25, -0.2) is 18.7 Å². The minimum atomic E-state index is -0.873. The molecule has 0 unspecified atom stereocenters. The van der Waals surface area contributed by atoms with Crippen molar-refractivity contribution in [3.8, 4) is 0 Å². The SMILES string of the molecule is CCNc1ncc(Br)c(Sc2ccc(F)c(F)c2)n1. The summed E-state index contributed by atoms with van der Waals surface area (Å²) in [6.45, 7) is 2.64. The lowest BCUT2D eigenvalue weighted by Gasteiger charge is -2.06. The Morgan fingerprint density at radius 2 is 2.11 bits per heavy atom. The Morgan fingerprint density at radius 1 is 1.32 bits per heavy atom. The summed E-state index contributed by atoms with van der Waals surface area (Å²) in [4.78, 5) is 8.94. The summed E-state index contributed by atoms with van der Waals surface area (Å²) in [5.41, 5.74) is 0. The molecule has 1 heterocycles. The summed E-state index contributed by atoms with van der Waals surface area (Å²) in [6, 6.07) is 3.74. The molecule has 7 heteroatoms. The van der Waals surface area contributed by atoms with Crippen LogP contribution in [0.5, 0.6) is 0 Å². The van der Waals surface area contributed by atoms with Crippen LogP contribution in [0.3, 0.4) is 0 Å². The monoisotopic (exact) mass is 345 g/mol. The first-order valence-corrected chi connectivity index (χ1v) is 7.10. The summed E-state index contributed by atoms with van der Waals surface area (Å²) in [5.74, 6) is -1.24. The number of halogens is 3. The van der Waals surface area contributed by atoms with Crippen molar-refractivity contribution in [1.29, 1.82) is 0 Å². The summed E-state index contributed by atoms with van der Waals surface area (Å²) < 4.78 is 26.7. The van der Waals surface area contributed by atoms with E-state index in [1.165, 1.54) is 17.8 Å². The molecule has 0 fully saturated rings. The van der Waals surface area contributed by atoms with Crippen LogP contribution in [-0.4, -0.2) is 16.5 Å². The lowest BCUT2D eigenvalue weighted by molar-refractivity contribution is 0.506. The predicted octanol–water partition coefficient (Wildman–Crippen LogP) is 4.10. The molecule has 0 aliphatic carbocycles. The lowest BCUT2D eigenvalue weighted by Crippen LogP contribution is -2.02. The van der Waals surface area contributed by atoms with Crippen molar-refractivity contribution in [3.63, 3.8) is 0 Å². The van der Waals surface area contributed by atoms with Crippen LogP contribution in [0.2, 0.25) is 0 Å². The molecule has 1 N–H and O–H groups in total. The third kappa shape index (κ3) is 3.63. The molecule has 100 valence electrons. The van der Waals surface area contributed by atoms with E-state index in [1.54, 1.807) is 6.20 Å². The van der Waals surface area contributed by atoms with Crippen LogP contribution in [0.4, 0.5) is 14.7 Å². The van der Waals surface area contributed by atoms with E-state index < -0.39 is 11.6 Å². The molecule has 0 saturated heterocycles. The highest BCUT2D eigenvalue weighted by Gasteiger charge is 2.09. The number of nitrogens with zero attached hydrogens (tertiary/aromatic N) is 2. The zero-order valence-electron chi connectivity index (χ0n) is 9.95. The first-order chi connectivity index (χ1) is 9.10. The highest BCUT2D eigenvalue weighted by Crippen LogP contribution is 2.32. The van der Waals surface area contributed by atoms with E-state index in [0.29, 0.717) is 26.9 Å². The molecular formula is C12H10BrF2N3S. The fraction of sp³-hybridized carbons (Fsp3) is 0.167. The number of rotatable bonds is 4. The van der Waals surface area contributed by atoms with Gasteiger partial charge in [0.2, 0.25) is 5.95 Å². The van der Waals surface area contributed by atoms with E-state index in [-0.39, 0.29) is 0 Å². The Morgan fingerprint density at radius 3 is 2.79 bits per heavy atom. The van der Waals surface area contributed by atoms with Gasteiger partial charge in [0.05, 0.1) is 4.47 Å². The van der Waals surface area contributed by atoms with Gasteiger partial charge in [0.1, 0.15) is 5.03 Å². The normalized spacial score (nSPS) is 10.5. The Hall–Kier alpha value is -1.21. The molecule has 0 amide bonds. The largest absolute Gasteiger partial charge is 0.354 e. The maximum absolute atomic E-state index is 13.1. The lowest BCUT2D eigenvalue weighted by atomic mass is 10.3. The minimum absolute atomic E-state index is 0.496. The molecule has 0 spiro atoms. The van der Waals surface area contributed by atoms with Gasteiger partial charge in [-0.2, -0.15) is 0 Å². The second-order valence-corrected chi connectivity index (χ2v) is 5.47. The number of benzene rings is 1. The summed E-state index contributed by atoms with van der Waals surface area (Å²) in [5, 5.41) is 3.63. The molecule has 0 saturated carbocycles. The first kappa shape index (κ1) is 14.2. The van der Waals surface area contributed by atoms with Crippen LogP contribution in [0.15, 0.2) is 38.8 Å². The molecule has 1 aromatic heterocycles. The fourth-order valence-electron chi connectivity index (χ4n) is 1.32. The van der Waals surface area contributed by atoms with E-state index in [9.17, 15) is 8.78 Å². The van der Waals surface area contributed by atoms with Crippen molar-refractivity contribution in [2.45, 2.75) is 16.8 Å². The molecule has 0 aliphatic rings. The number of nitrogens with one attached hydrogen (secondary N) is 1. The van der Waals surface area contributed by atoms with Gasteiger partial charge in [0.25, 0.3) is 0 Å². The highest BCUT2D eigenvalue weighted by atomic mass is 79.9.